The highest BCUT2D eigenvalue weighted by Crippen LogP contribution is 2.38. The van der Waals surface area contributed by atoms with E-state index in [0.717, 1.165) is 4.90 Å². The third-order valence-electron chi connectivity index (χ3n) is 5.91. The van der Waals surface area contributed by atoms with Crippen molar-refractivity contribution in [2.75, 3.05) is 29.9 Å². The van der Waals surface area contributed by atoms with E-state index in [2.05, 4.69) is 11.8 Å². The fourth-order valence-corrected chi connectivity index (χ4v) is 4.08. The molecule has 4 amide bonds. The van der Waals surface area contributed by atoms with E-state index in [0.29, 0.717) is 34.6 Å². The van der Waals surface area contributed by atoms with Gasteiger partial charge in [-0.3, -0.25) is 24.1 Å². The summed E-state index contributed by atoms with van der Waals surface area (Å²) in [6.07, 6.45) is 0. The van der Waals surface area contributed by atoms with Crippen LogP contribution < -0.4 is 9.80 Å². The van der Waals surface area contributed by atoms with Crippen molar-refractivity contribution in [1.29, 1.82) is 0 Å². The number of carbonyl (C=O) groups excluding carboxylic acids is 4. The van der Waals surface area contributed by atoms with Crippen molar-refractivity contribution in [3.05, 3.63) is 59.2 Å². The minimum atomic E-state index is -1.18. The summed E-state index contributed by atoms with van der Waals surface area (Å²) in [5, 5.41) is 0. The van der Waals surface area contributed by atoms with Crippen molar-refractivity contribution in [2.45, 2.75) is 20.8 Å². The molecule has 0 fully saturated rings. The first kappa shape index (κ1) is 21.3. The first-order valence-corrected chi connectivity index (χ1v) is 10.4. The van der Waals surface area contributed by atoms with Crippen LogP contribution in [0.5, 0.6) is 0 Å². The minimum Gasteiger partial charge on any atom is -0.313 e. The average Bonchev–Trinajstić information content (AvgIpc) is 3.01. The predicted molar refractivity (Wildman–Crippen MR) is 120 cm³/mol. The molecule has 2 aliphatic rings. The van der Waals surface area contributed by atoms with Gasteiger partial charge in [0.05, 0.1) is 29.0 Å². The van der Waals surface area contributed by atoms with E-state index in [4.69, 9.17) is 0 Å². The highest BCUT2D eigenvalue weighted by atomic mass is 16.2. The molecule has 7 heteroatoms. The number of benzene rings is 2. The zero-order chi connectivity index (χ0) is 23.2. The molecule has 0 N–H and O–H groups in total. The second kappa shape index (κ2) is 7.65. The van der Waals surface area contributed by atoms with E-state index in [9.17, 15) is 19.2 Å². The van der Waals surface area contributed by atoms with Gasteiger partial charge in [-0.25, -0.2) is 0 Å². The summed E-state index contributed by atoms with van der Waals surface area (Å²) in [5.74, 6) is 4.61. The maximum atomic E-state index is 13.0. The van der Waals surface area contributed by atoms with Crippen LogP contribution >= 0.6 is 0 Å². The standard InChI is InChI=1S/C25H23N3O4/c1-5-27-19-13-12-16(15-20(19)26(4)23(31)25(2,3)24(27)32)9-8-14-28-21(29)17-10-6-7-11-18(17)22(28)30/h6-7,10-13,15H,5,14H2,1-4H3. The molecule has 32 heavy (non-hydrogen) atoms. The van der Waals surface area contributed by atoms with Gasteiger partial charge in [-0.05, 0) is 51.1 Å². The van der Waals surface area contributed by atoms with Crippen molar-refractivity contribution >= 4 is 35.0 Å². The van der Waals surface area contributed by atoms with Crippen LogP contribution in [-0.2, 0) is 9.59 Å². The Morgan fingerprint density at radius 3 is 2.06 bits per heavy atom. The lowest BCUT2D eigenvalue weighted by Gasteiger charge is -2.27. The number of hydrogen-bond acceptors (Lipinski definition) is 4. The molecular formula is C25H23N3O4. The fourth-order valence-electron chi connectivity index (χ4n) is 4.08. The van der Waals surface area contributed by atoms with Crippen molar-refractivity contribution in [1.82, 2.24) is 4.90 Å². The van der Waals surface area contributed by atoms with Gasteiger partial charge < -0.3 is 9.80 Å². The number of nitrogens with zero attached hydrogens (tertiary/aromatic N) is 3. The number of rotatable bonds is 2. The molecule has 0 aromatic heterocycles. The van der Waals surface area contributed by atoms with Gasteiger partial charge in [0.2, 0.25) is 11.8 Å². The molecule has 0 saturated carbocycles. The lowest BCUT2D eigenvalue weighted by atomic mass is 9.90. The van der Waals surface area contributed by atoms with Gasteiger partial charge in [-0.15, -0.1) is 0 Å². The number of hydrogen-bond donors (Lipinski definition) is 0. The van der Waals surface area contributed by atoms with Gasteiger partial charge in [0.15, 0.2) is 0 Å². The van der Waals surface area contributed by atoms with Gasteiger partial charge in [0.1, 0.15) is 5.41 Å². The molecule has 0 spiro atoms. The van der Waals surface area contributed by atoms with Crippen LogP contribution in [0.3, 0.4) is 0 Å². The van der Waals surface area contributed by atoms with Crippen molar-refractivity contribution in [3.63, 3.8) is 0 Å². The van der Waals surface area contributed by atoms with Gasteiger partial charge in [-0.1, -0.05) is 24.0 Å². The molecule has 162 valence electrons. The summed E-state index contributed by atoms with van der Waals surface area (Å²) in [7, 11) is 1.64. The van der Waals surface area contributed by atoms with Gasteiger partial charge in [0, 0.05) is 19.2 Å². The Labute approximate surface area is 186 Å². The highest BCUT2D eigenvalue weighted by molar-refractivity contribution is 6.21. The monoisotopic (exact) mass is 429 g/mol. The molecule has 0 unspecified atom stereocenters. The van der Waals surface area contributed by atoms with Crippen LogP contribution in [0, 0.1) is 17.3 Å². The molecule has 7 nitrogen and oxygen atoms in total. The van der Waals surface area contributed by atoms with Crippen LogP contribution in [0.1, 0.15) is 47.1 Å². The molecular weight excluding hydrogens is 406 g/mol. The molecule has 2 heterocycles. The van der Waals surface area contributed by atoms with Gasteiger partial charge >= 0.3 is 0 Å². The minimum absolute atomic E-state index is 0.0369. The number of anilines is 2. The summed E-state index contributed by atoms with van der Waals surface area (Å²) in [6, 6.07) is 12.0. The van der Waals surface area contributed by atoms with Crippen molar-refractivity contribution in [2.24, 2.45) is 5.41 Å². The Morgan fingerprint density at radius 1 is 0.844 bits per heavy atom. The van der Waals surface area contributed by atoms with Crippen LogP contribution in [-0.4, -0.2) is 48.7 Å². The van der Waals surface area contributed by atoms with Crippen molar-refractivity contribution < 1.29 is 19.2 Å². The van der Waals surface area contributed by atoms with Crippen LogP contribution in [0.25, 0.3) is 0 Å². The molecule has 4 rings (SSSR count). The van der Waals surface area contributed by atoms with E-state index in [1.165, 1.54) is 4.90 Å². The number of carbonyl (C=O) groups is 4. The highest BCUT2D eigenvalue weighted by Gasteiger charge is 2.45. The smallest absolute Gasteiger partial charge is 0.262 e. The summed E-state index contributed by atoms with van der Waals surface area (Å²) < 4.78 is 0. The normalized spacial score (nSPS) is 17.1. The second-order valence-electron chi connectivity index (χ2n) is 8.29. The third kappa shape index (κ3) is 3.16. The molecule has 0 atom stereocenters. The van der Waals surface area contributed by atoms with Gasteiger partial charge in [-0.2, -0.15) is 0 Å². The van der Waals surface area contributed by atoms with Gasteiger partial charge in [0.25, 0.3) is 11.8 Å². The first-order chi connectivity index (χ1) is 15.2. The van der Waals surface area contributed by atoms with E-state index in [1.807, 2.05) is 6.92 Å². The Morgan fingerprint density at radius 2 is 1.47 bits per heavy atom. The van der Waals surface area contributed by atoms with Crippen LogP contribution in [0.2, 0.25) is 0 Å². The molecule has 2 aliphatic heterocycles. The van der Waals surface area contributed by atoms with E-state index in [-0.39, 0.29) is 30.2 Å². The molecule has 0 bridgehead atoms. The molecule has 0 saturated heterocycles. The van der Waals surface area contributed by atoms with Crippen molar-refractivity contribution in [3.8, 4) is 11.8 Å². The zero-order valence-corrected chi connectivity index (χ0v) is 18.4. The quantitative estimate of drug-likeness (QED) is 0.418. The first-order valence-electron chi connectivity index (χ1n) is 10.4. The Balaban J connectivity index is 1.63. The molecule has 0 aliphatic carbocycles. The van der Waals surface area contributed by atoms with E-state index >= 15 is 0 Å². The Bertz CT molecular complexity index is 1200. The Hall–Kier alpha value is -3.92. The Kier molecular flexibility index (Phi) is 5.09. The van der Waals surface area contributed by atoms with E-state index in [1.54, 1.807) is 68.3 Å². The lowest BCUT2D eigenvalue weighted by Crippen LogP contribution is -2.47. The van der Waals surface area contributed by atoms with Crippen LogP contribution in [0.15, 0.2) is 42.5 Å². The average molecular weight is 429 g/mol. The number of imide groups is 1. The fraction of sp³-hybridized carbons (Fsp3) is 0.280. The summed E-state index contributed by atoms with van der Waals surface area (Å²) in [6.45, 7) is 5.52. The summed E-state index contributed by atoms with van der Waals surface area (Å²) >= 11 is 0. The lowest BCUT2D eigenvalue weighted by molar-refractivity contribution is -0.137. The molecule has 0 radical (unpaired) electrons. The second-order valence-corrected chi connectivity index (χ2v) is 8.29. The van der Waals surface area contributed by atoms with E-state index < -0.39 is 5.41 Å². The largest absolute Gasteiger partial charge is 0.313 e. The topological polar surface area (TPSA) is 78.0 Å². The maximum Gasteiger partial charge on any atom is 0.262 e. The zero-order valence-electron chi connectivity index (χ0n) is 18.4. The third-order valence-corrected chi connectivity index (χ3v) is 5.91. The number of amides is 4. The molecule has 2 aromatic rings. The summed E-state index contributed by atoms with van der Waals surface area (Å²) in [4.78, 5) is 55.1. The van der Waals surface area contributed by atoms with Crippen LogP contribution in [0.4, 0.5) is 11.4 Å². The summed E-state index contributed by atoms with van der Waals surface area (Å²) in [5.41, 5.74) is 1.44. The SMILES string of the molecule is CCN1C(=O)C(C)(C)C(=O)N(C)c2cc(C#CCN3C(=O)c4ccccc4C3=O)ccc21. The maximum absolute atomic E-state index is 13.0. The molecule has 2 aromatic carbocycles. The number of fused-ring (bicyclic) bond motifs is 2. The predicted octanol–water partition coefficient (Wildman–Crippen LogP) is 2.69.